The number of benzene rings is 1. The highest BCUT2D eigenvalue weighted by Gasteiger charge is 1.93. The Morgan fingerprint density at radius 3 is 2.33 bits per heavy atom. The fraction of sp³-hybridized carbons (Fsp3) is 0.273. The Morgan fingerprint density at radius 2 is 1.92 bits per heavy atom. The van der Waals surface area contributed by atoms with Gasteiger partial charge in [0, 0.05) is 6.61 Å². The van der Waals surface area contributed by atoms with Gasteiger partial charge >= 0.3 is 0 Å². The van der Waals surface area contributed by atoms with Crippen LogP contribution in [0.25, 0.3) is 5.57 Å². The predicted octanol–water partition coefficient (Wildman–Crippen LogP) is 2.25. The van der Waals surface area contributed by atoms with Crippen LogP contribution in [-0.4, -0.2) is 11.7 Å². The van der Waals surface area contributed by atoms with Gasteiger partial charge in [-0.3, -0.25) is 0 Å². The fourth-order valence-electron chi connectivity index (χ4n) is 1.09. The predicted molar refractivity (Wildman–Crippen MR) is 51.9 cm³/mol. The molecule has 64 valence electrons. The number of rotatable bonds is 3. The molecule has 0 saturated heterocycles. The summed E-state index contributed by atoms with van der Waals surface area (Å²) in [5.41, 5.74) is 3.41. The van der Waals surface area contributed by atoms with Crippen LogP contribution in [0.2, 0.25) is 0 Å². The van der Waals surface area contributed by atoms with Crippen molar-refractivity contribution >= 4 is 5.57 Å². The average molecular weight is 162 g/mol. The summed E-state index contributed by atoms with van der Waals surface area (Å²) in [5, 5.41) is 8.68. The van der Waals surface area contributed by atoms with Crippen molar-refractivity contribution in [2.24, 2.45) is 0 Å². The molecule has 0 aliphatic heterocycles. The normalized spacial score (nSPS) is 9.83. The van der Waals surface area contributed by atoms with Crippen molar-refractivity contribution < 1.29 is 5.11 Å². The molecule has 1 nitrogen and oxygen atoms in total. The highest BCUT2D eigenvalue weighted by molar-refractivity contribution is 5.61. The molecule has 0 aromatic heterocycles. The first-order chi connectivity index (χ1) is 5.74. The fourth-order valence-corrected chi connectivity index (χ4v) is 1.09. The van der Waals surface area contributed by atoms with Crippen molar-refractivity contribution in [2.45, 2.75) is 13.3 Å². The summed E-state index contributed by atoms with van der Waals surface area (Å²) in [6.45, 7) is 6.05. The SMILES string of the molecule is C=C(C)c1ccc(CCO)cc1. The maximum atomic E-state index is 8.68. The van der Waals surface area contributed by atoms with Crippen molar-refractivity contribution in [3.05, 3.63) is 42.0 Å². The minimum absolute atomic E-state index is 0.215. The number of hydrogen-bond donors (Lipinski definition) is 1. The molecule has 1 aromatic carbocycles. The number of aliphatic hydroxyl groups excluding tert-OH is 1. The van der Waals surface area contributed by atoms with E-state index in [1.165, 1.54) is 5.56 Å². The van der Waals surface area contributed by atoms with Gasteiger partial charge in [-0.05, 0) is 24.5 Å². The van der Waals surface area contributed by atoms with E-state index in [-0.39, 0.29) is 6.61 Å². The van der Waals surface area contributed by atoms with E-state index in [4.69, 9.17) is 5.11 Å². The third-order valence-corrected chi connectivity index (χ3v) is 1.85. The zero-order valence-corrected chi connectivity index (χ0v) is 7.38. The quantitative estimate of drug-likeness (QED) is 0.722. The Morgan fingerprint density at radius 1 is 1.33 bits per heavy atom. The van der Waals surface area contributed by atoms with Crippen LogP contribution in [0.3, 0.4) is 0 Å². The van der Waals surface area contributed by atoms with Crippen LogP contribution in [0.1, 0.15) is 18.1 Å². The zero-order chi connectivity index (χ0) is 8.97. The summed E-state index contributed by atoms with van der Waals surface area (Å²) in [7, 11) is 0. The molecule has 1 aromatic rings. The second-order valence-corrected chi connectivity index (χ2v) is 2.95. The molecule has 0 fully saturated rings. The first-order valence-electron chi connectivity index (χ1n) is 4.09. The van der Waals surface area contributed by atoms with Crippen LogP contribution in [0.15, 0.2) is 30.8 Å². The van der Waals surface area contributed by atoms with Crippen LogP contribution in [0.5, 0.6) is 0 Å². The molecule has 1 N–H and O–H groups in total. The van der Waals surface area contributed by atoms with E-state index >= 15 is 0 Å². The summed E-state index contributed by atoms with van der Waals surface area (Å²) >= 11 is 0. The van der Waals surface area contributed by atoms with E-state index in [0.29, 0.717) is 0 Å². The standard InChI is InChI=1S/C11H14O/c1-9(2)11-5-3-10(4-6-11)7-8-12/h3-6,12H,1,7-8H2,2H3. The molecule has 1 rings (SSSR count). The maximum Gasteiger partial charge on any atom is 0.0471 e. The number of allylic oxidation sites excluding steroid dienone is 1. The minimum atomic E-state index is 0.215. The summed E-state index contributed by atoms with van der Waals surface area (Å²) in [4.78, 5) is 0. The van der Waals surface area contributed by atoms with E-state index in [1.54, 1.807) is 0 Å². The van der Waals surface area contributed by atoms with Crippen molar-refractivity contribution in [2.75, 3.05) is 6.61 Å². The van der Waals surface area contributed by atoms with E-state index in [9.17, 15) is 0 Å². The highest BCUT2D eigenvalue weighted by atomic mass is 16.2. The first kappa shape index (κ1) is 9.01. The Labute approximate surface area is 73.4 Å². The van der Waals surface area contributed by atoms with Gasteiger partial charge in [-0.15, -0.1) is 0 Å². The third kappa shape index (κ3) is 2.21. The molecule has 0 atom stereocenters. The highest BCUT2D eigenvalue weighted by Crippen LogP contribution is 2.12. The van der Waals surface area contributed by atoms with Crippen molar-refractivity contribution in [3.8, 4) is 0 Å². The molecule has 0 aliphatic rings. The lowest BCUT2D eigenvalue weighted by atomic mass is 10.1. The summed E-state index contributed by atoms with van der Waals surface area (Å²) < 4.78 is 0. The molecule has 0 heterocycles. The molecule has 0 amide bonds. The Bertz CT molecular complexity index is 259. The lowest BCUT2D eigenvalue weighted by molar-refractivity contribution is 0.299. The Kier molecular flexibility index (Phi) is 3.06. The number of aliphatic hydroxyl groups is 1. The first-order valence-corrected chi connectivity index (χ1v) is 4.09. The molecule has 0 saturated carbocycles. The van der Waals surface area contributed by atoms with Gasteiger partial charge in [-0.25, -0.2) is 0 Å². The Hall–Kier alpha value is -1.08. The van der Waals surface area contributed by atoms with Crippen molar-refractivity contribution in [1.82, 2.24) is 0 Å². The van der Waals surface area contributed by atoms with E-state index < -0.39 is 0 Å². The van der Waals surface area contributed by atoms with Gasteiger partial charge < -0.3 is 5.11 Å². The lowest BCUT2D eigenvalue weighted by Gasteiger charge is -2.01. The second-order valence-electron chi connectivity index (χ2n) is 2.95. The van der Waals surface area contributed by atoms with Gasteiger partial charge in [0.1, 0.15) is 0 Å². The van der Waals surface area contributed by atoms with Crippen molar-refractivity contribution in [1.29, 1.82) is 0 Å². The molecule has 12 heavy (non-hydrogen) atoms. The van der Waals surface area contributed by atoms with Crippen LogP contribution < -0.4 is 0 Å². The van der Waals surface area contributed by atoms with Crippen LogP contribution in [-0.2, 0) is 6.42 Å². The summed E-state index contributed by atoms with van der Waals surface area (Å²) in [6.07, 6.45) is 0.733. The minimum Gasteiger partial charge on any atom is -0.396 e. The van der Waals surface area contributed by atoms with Gasteiger partial charge in [0.25, 0.3) is 0 Å². The largest absolute Gasteiger partial charge is 0.396 e. The lowest BCUT2D eigenvalue weighted by Crippen LogP contribution is -1.90. The van der Waals surface area contributed by atoms with Gasteiger partial charge in [-0.1, -0.05) is 36.4 Å². The van der Waals surface area contributed by atoms with E-state index in [1.807, 2.05) is 31.2 Å². The van der Waals surface area contributed by atoms with Gasteiger partial charge in [-0.2, -0.15) is 0 Å². The molecule has 0 bridgehead atoms. The zero-order valence-electron chi connectivity index (χ0n) is 7.38. The monoisotopic (exact) mass is 162 g/mol. The van der Waals surface area contributed by atoms with Gasteiger partial charge in [0.2, 0.25) is 0 Å². The van der Waals surface area contributed by atoms with Crippen LogP contribution >= 0.6 is 0 Å². The van der Waals surface area contributed by atoms with Crippen LogP contribution in [0, 0.1) is 0 Å². The molecular weight excluding hydrogens is 148 g/mol. The van der Waals surface area contributed by atoms with Gasteiger partial charge in [0.05, 0.1) is 0 Å². The summed E-state index contributed by atoms with van der Waals surface area (Å²) in [5.74, 6) is 0. The molecule has 0 radical (unpaired) electrons. The molecule has 0 unspecified atom stereocenters. The van der Waals surface area contributed by atoms with E-state index in [0.717, 1.165) is 17.6 Å². The topological polar surface area (TPSA) is 20.2 Å². The second kappa shape index (κ2) is 4.07. The maximum absolute atomic E-state index is 8.68. The third-order valence-electron chi connectivity index (χ3n) is 1.85. The molecule has 1 heteroatoms. The molecule has 0 spiro atoms. The Balaban J connectivity index is 2.78. The molecular formula is C11H14O. The van der Waals surface area contributed by atoms with Crippen molar-refractivity contribution in [3.63, 3.8) is 0 Å². The summed E-state index contributed by atoms with van der Waals surface area (Å²) in [6, 6.07) is 8.13. The smallest absolute Gasteiger partial charge is 0.0471 e. The van der Waals surface area contributed by atoms with Crippen LogP contribution in [0.4, 0.5) is 0 Å². The molecule has 0 aliphatic carbocycles. The average Bonchev–Trinajstić information content (AvgIpc) is 2.06. The van der Waals surface area contributed by atoms with E-state index in [2.05, 4.69) is 6.58 Å². The van der Waals surface area contributed by atoms with Gasteiger partial charge in [0.15, 0.2) is 0 Å². The number of hydrogen-bond acceptors (Lipinski definition) is 1.